The van der Waals surface area contributed by atoms with Gasteiger partial charge in [0.05, 0.1) is 6.54 Å². The highest BCUT2D eigenvalue weighted by Gasteiger charge is 2.15. The molecule has 0 aliphatic carbocycles. The minimum atomic E-state index is -1.41. The number of anilines is 1. The van der Waals surface area contributed by atoms with E-state index < -0.39 is 18.1 Å². The highest BCUT2D eigenvalue weighted by Crippen LogP contribution is 2.05. The molecule has 1 atom stereocenters. The number of para-hydroxylation sites is 1. The minimum Gasteiger partial charge on any atom is -0.465 e. The monoisotopic (exact) mass is 224 g/mol. The number of carbonyl (C=O) groups is 2. The normalized spacial score (nSPS) is 11.6. The second kappa shape index (κ2) is 5.72. The van der Waals surface area contributed by atoms with Gasteiger partial charge < -0.3 is 20.8 Å². The van der Waals surface area contributed by atoms with Crippen LogP contribution in [0.2, 0.25) is 0 Å². The van der Waals surface area contributed by atoms with E-state index in [2.05, 4.69) is 5.32 Å². The summed E-state index contributed by atoms with van der Waals surface area (Å²) in [5.41, 5.74) is 0.543. The summed E-state index contributed by atoms with van der Waals surface area (Å²) in [5.74, 6) is -0.653. The van der Waals surface area contributed by atoms with Crippen LogP contribution in [0.1, 0.15) is 0 Å². The molecule has 0 heterocycles. The molecular weight excluding hydrogens is 212 g/mol. The number of rotatable bonds is 4. The van der Waals surface area contributed by atoms with Gasteiger partial charge in [0, 0.05) is 5.69 Å². The first-order chi connectivity index (χ1) is 7.59. The third kappa shape index (κ3) is 3.97. The van der Waals surface area contributed by atoms with Gasteiger partial charge in [-0.3, -0.25) is 4.79 Å². The Morgan fingerprint density at radius 1 is 1.25 bits per heavy atom. The molecule has 1 aromatic carbocycles. The maximum absolute atomic E-state index is 11.3. The van der Waals surface area contributed by atoms with Crippen molar-refractivity contribution in [3.05, 3.63) is 30.3 Å². The molecule has 6 heteroatoms. The summed E-state index contributed by atoms with van der Waals surface area (Å²) in [6, 6.07) is 8.58. The van der Waals surface area contributed by atoms with Gasteiger partial charge in [0.2, 0.25) is 0 Å². The molecule has 0 aliphatic heterocycles. The molecule has 1 unspecified atom stereocenters. The molecule has 1 rings (SSSR count). The number of nitrogens with one attached hydrogen (secondary N) is 2. The second-order valence-electron chi connectivity index (χ2n) is 3.06. The van der Waals surface area contributed by atoms with Gasteiger partial charge in [0.15, 0.2) is 0 Å². The number of carboxylic acid groups (broad SMARTS) is 1. The van der Waals surface area contributed by atoms with Crippen LogP contribution in [0.4, 0.5) is 10.5 Å². The molecule has 0 saturated carbocycles. The summed E-state index contributed by atoms with van der Waals surface area (Å²) in [6.45, 7) is -0.339. The van der Waals surface area contributed by atoms with E-state index >= 15 is 0 Å². The molecule has 0 fully saturated rings. The molecule has 1 aromatic rings. The summed E-state index contributed by atoms with van der Waals surface area (Å²) in [7, 11) is 0. The average molecular weight is 224 g/mol. The number of aliphatic hydroxyl groups is 1. The van der Waals surface area contributed by atoms with Gasteiger partial charge in [-0.15, -0.1) is 0 Å². The molecule has 0 saturated heterocycles. The summed E-state index contributed by atoms with van der Waals surface area (Å²) in [6.07, 6.45) is -2.69. The molecule has 0 aromatic heterocycles. The van der Waals surface area contributed by atoms with Crippen LogP contribution in [0.3, 0.4) is 0 Å². The Bertz CT molecular complexity index is 366. The highest BCUT2D eigenvalue weighted by atomic mass is 16.4. The largest absolute Gasteiger partial charge is 0.465 e. The van der Waals surface area contributed by atoms with Crippen molar-refractivity contribution >= 4 is 17.7 Å². The molecule has 0 bridgehead atoms. The Kier molecular flexibility index (Phi) is 4.28. The molecule has 4 N–H and O–H groups in total. The van der Waals surface area contributed by atoms with Crippen molar-refractivity contribution in [3.8, 4) is 0 Å². The SMILES string of the molecule is O=C(O)NCC(O)C(=O)Nc1ccccc1. The van der Waals surface area contributed by atoms with Gasteiger partial charge in [-0.05, 0) is 12.1 Å². The number of benzene rings is 1. The molecule has 6 nitrogen and oxygen atoms in total. The Hall–Kier alpha value is -2.08. The Morgan fingerprint density at radius 2 is 1.88 bits per heavy atom. The van der Waals surface area contributed by atoms with Crippen molar-refractivity contribution in [2.45, 2.75) is 6.10 Å². The van der Waals surface area contributed by atoms with Crippen LogP contribution in [0.5, 0.6) is 0 Å². The van der Waals surface area contributed by atoms with Gasteiger partial charge >= 0.3 is 6.09 Å². The van der Waals surface area contributed by atoms with Crippen LogP contribution >= 0.6 is 0 Å². The summed E-state index contributed by atoms with van der Waals surface area (Å²) < 4.78 is 0. The van der Waals surface area contributed by atoms with Crippen LogP contribution in [0, 0.1) is 0 Å². The molecular formula is C10H12N2O4. The van der Waals surface area contributed by atoms with E-state index in [1.54, 1.807) is 30.3 Å². The highest BCUT2D eigenvalue weighted by molar-refractivity contribution is 5.94. The fourth-order valence-electron chi connectivity index (χ4n) is 1.02. The first kappa shape index (κ1) is 12.0. The average Bonchev–Trinajstić information content (AvgIpc) is 2.27. The second-order valence-corrected chi connectivity index (χ2v) is 3.06. The van der Waals surface area contributed by atoms with Crippen LogP contribution in [-0.2, 0) is 4.79 Å². The van der Waals surface area contributed by atoms with E-state index in [0.717, 1.165) is 0 Å². The van der Waals surface area contributed by atoms with Crippen LogP contribution in [-0.4, -0.2) is 34.9 Å². The van der Waals surface area contributed by atoms with Crippen LogP contribution in [0.25, 0.3) is 0 Å². The molecule has 2 amide bonds. The third-order valence-electron chi connectivity index (χ3n) is 1.79. The summed E-state index contributed by atoms with van der Waals surface area (Å²) in [5, 5.41) is 21.9. The number of hydrogen-bond donors (Lipinski definition) is 4. The zero-order valence-electron chi connectivity index (χ0n) is 8.38. The standard InChI is InChI=1S/C10H12N2O4/c13-8(6-11-10(15)16)9(14)12-7-4-2-1-3-5-7/h1-5,8,11,13H,6H2,(H,12,14)(H,15,16). The zero-order valence-corrected chi connectivity index (χ0v) is 8.38. The lowest BCUT2D eigenvalue weighted by atomic mass is 10.3. The van der Waals surface area contributed by atoms with E-state index in [0.29, 0.717) is 5.69 Å². The molecule has 0 radical (unpaired) electrons. The van der Waals surface area contributed by atoms with Crippen molar-refractivity contribution in [3.63, 3.8) is 0 Å². The fourth-order valence-corrected chi connectivity index (χ4v) is 1.02. The van der Waals surface area contributed by atoms with Crippen LogP contribution in [0.15, 0.2) is 30.3 Å². The fraction of sp³-hybridized carbons (Fsp3) is 0.200. The van der Waals surface area contributed by atoms with Crippen LogP contribution < -0.4 is 10.6 Å². The van der Waals surface area contributed by atoms with Crippen molar-refractivity contribution in [1.82, 2.24) is 5.32 Å². The molecule has 0 spiro atoms. The zero-order chi connectivity index (χ0) is 12.0. The Labute approximate surface area is 91.9 Å². The quantitative estimate of drug-likeness (QED) is 0.589. The van der Waals surface area contributed by atoms with Crippen molar-refractivity contribution < 1.29 is 19.8 Å². The van der Waals surface area contributed by atoms with E-state index in [1.165, 1.54) is 0 Å². The smallest absolute Gasteiger partial charge is 0.404 e. The van der Waals surface area contributed by atoms with E-state index in [-0.39, 0.29) is 6.54 Å². The van der Waals surface area contributed by atoms with Gasteiger partial charge in [-0.1, -0.05) is 18.2 Å². The predicted octanol–water partition coefficient (Wildman–Crippen LogP) is 0.254. The summed E-state index contributed by atoms with van der Waals surface area (Å²) in [4.78, 5) is 21.5. The van der Waals surface area contributed by atoms with E-state index in [4.69, 9.17) is 5.11 Å². The van der Waals surface area contributed by atoms with Gasteiger partial charge in [0.25, 0.3) is 5.91 Å². The molecule has 86 valence electrons. The van der Waals surface area contributed by atoms with E-state index in [1.807, 2.05) is 5.32 Å². The Morgan fingerprint density at radius 3 is 2.44 bits per heavy atom. The molecule has 0 aliphatic rings. The van der Waals surface area contributed by atoms with Crippen molar-refractivity contribution in [1.29, 1.82) is 0 Å². The lowest BCUT2D eigenvalue weighted by Crippen LogP contribution is -2.38. The number of hydrogen-bond acceptors (Lipinski definition) is 3. The number of aliphatic hydroxyl groups excluding tert-OH is 1. The van der Waals surface area contributed by atoms with Gasteiger partial charge in [-0.2, -0.15) is 0 Å². The number of carbonyl (C=O) groups excluding carboxylic acids is 1. The molecule has 16 heavy (non-hydrogen) atoms. The van der Waals surface area contributed by atoms with Crippen molar-refractivity contribution in [2.75, 3.05) is 11.9 Å². The maximum Gasteiger partial charge on any atom is 0.404 e. The lowest BCUT2D eigenvalue weighted by molar-refractivity contribution is -0.123. The van der Waals surface area contributed by atoms with Gasteiger partial charge in [0.1, 0.15) is 6.10 Å². The first-order valence-electron chi connectivity index (χ1n) is 4.60. The van der Waals surface area contributed by atoms with Crippen molar-refractivity contribution in [2.24, 2.45) is 0 Å². The topological polar surface area (TPSA) is 98.7 Å². The Balaban J connectivity index is 2.43. The maximum atomic E-state index is 11.3. The van der Waals surface area contributed by atoms with E-state index in [9.17, 15) is 14.7 Å². The summed E-state index contributed by atoms with van der Waals surface area (Å²) >= 11 is 0. The predicted molar refractivity (Wildman–Crippen MR) is 57.1 cm³/mol. The lowest BCUT2D eigenvalue weighted by Gasteiger charge is -2.10. The minimum absolute atomic E-state index is 0.339. The van der Waals surface area contributed by atoms with Gasteiger partial charge in [-0.25, -0.2) is 4.79 Å². The third-order valence-corrected chi connectivity index (χ3v) is 1.79. The number of amides is 2. The first-order valence-corrected chi connectivity index (χ1v) is 4.60.